The van der Waals surface area contributed by atoms with Crippen molar-refractivity contribution in [1.82, 2.24) is 20.1 Å². The van der Waals surface area contributed by atoms with Crippen molar-refractivity contribution < 1.29 is 4.79 Å². The van der Waals surface area contributed by atoms with Gasteiger partial charge in [-0.25, -0.2) is 4.98 Å². The van der Waals surface area contributed by atoms with E-state index in [0.717, 1.165) is 30.1 Å². The molecule has 0 bridgehead atoms. The fraction of sp³-hybridized carbons (Fsp3) is 0.588. The Labute approximate surface area is 145 Å². The fourth-order valence-corrected chi connectivity index (χ4v) is 4.77. The number of hydrogen-bond donors (Lipinski definition) is 2. The van der Waals surface area contributed by atoms with Crippen LogP contribution >= 0.6 is 11.3 Å². The van der Waals surface area contributed by atoms with Crippen LogP contribution in [0.4, 0.5) is 5.13 Å². The molecule has 1 aliphatic heterocycles. The Morgan fingerprint density at radius 3 is 3.04 bits per heavy atom. The van der Waals surface area contributed by atoms with Gasteiger partial charge in [-0.15, -0.1) is 11.3 Å². The van der Waals surface area contributed by atoms with Crippen LogP contribution in [0.1, 0.15) is 41.3 Å². The Kier molecular flexibility index (Phi) is 4.37. The highest BCUT2D eigenvalue weighted by Crippen LogP contribution is 2.32. The van der Waals surface area contributed by atoms with Crippen molar-refractivity contribution in [3.63, 3.8) is 0 Å². The smallest absolute Gasteiger partial charge is 0.231 e. The van der Waals surface area contributed by atoms with Crippen molar-refractivity contribution in [2.75, 3.05) is 18.4 Å². The van der Waals surface area contributed by atoms with Gasteiger partial charge in [-0.2, -0.15) is 5.10 Å². The normalized spacial score (nSPS) is 23.7. The second kappa shape index (κ2) is 6.64. The van der Waals surface area contributed by atoms with Gasteiger partial charge < -0.3 is 10.6 Å². The molecule has 2 atom stereocenters. The van der Waals surface area contributed by atoms with E-state index >= 15 is 0 Å². The topological polar surface area (TPSA) is 71.8 Å². The molecule has 2 aromatic heterocycles. The van der Waals surface area contributed by atoms with Crippen molar-refractivity contribution in [3.05, 3.63) is 28.5 Å². The number of amides is 1. The number of aromatic nitrogens is 3. The predicted molar refractivity (Wildman–Crippen MR) is 94.3 cm³/mol. The van der Waals surface area contributed by atoms with Crippen LogP contribution in [0.15, 0.2) is 12.4 Å². The number of anilines is 1. The maximum atomic E-state index is 12.8. The van der Waals surface area contributed by atoms with E-state index in [-0.39, 0.29) is 17.7 Å². The van der Waals surface area contributed by atoms with Crippen molar-refractivity contribution in [3.8, 4) is 0 Å². The Morgan fingerprint density at radius 1 is 1.33 bits per heavy atom. The van der Waals surface area contributed by atoms with Crippen LogP contribution in [0.2, 0.25) is 0 Å². The molecule has 128 valence electrons. The number of nitrogens with zero attached hydrogens (tertiary/aromatic N) is 3. The number of fused-ring (bicyclic) bond motifs is 1. The zero-order chi connectivity index (χ0) is 16.5. The van der Waals surface area contributed by atoms with Crippen molar-refractivity contribution in [2.24, 2.45) is 13.0 Å². The number of nitrogens with one attached hydrogen (secondary N) is 2. The Balaban J connectivity index is 1.47. The molecule has 6 nitrogen and oxygen atoms in total. The first-order valence-electron chi connectivity index (χ1n) is 8.69. The van der Waals surface area contributed by atoms with Crippen molar-refractivity contribution in [2.45, 2.75) is 38.0 Å². The molecule has 0 radical (unpaired) electrons. The van der Waals surface area contributed by atoms with Gasteiger partial charge in [0.1, 0.15) is 0 Å². The van der Waals surface area contributed by atoms with E-state index in [1.807, 2.05) is 19.4 Å². The van der Waals surface area contributed by atoms with Crippen molar-refractivity contribution >= 4 is 22.4 Å². The molecule has 2 aliphatic rings. The zero-order valence-electron chi connectivity index (χ0n) is 13.9. The molecule has 24 heavy (non-hydrogen) atoms. The number of carbonyl (C=O) groups excluding carboxylic acids is 1. The van der Waals surface area contributed by atoms with Crippen LogP contribution in [0.25, 0.3) is 0 Å². The van der Waals surface area contributed by atoms with Crippen molar-refractivity contribution in [1.29, 1.82) is 0 Å². The molecule has 1 fully saturated rings. The van der Waals surface area contributed by atoms with Crippen LogP contribution < -0.4 is 10.6 Å². The third kappa shape index (κ3) is 3.10. The third-order valence-electron chi connectivity index (χ3n) is 5.03. The van der Waals surface area contributed by atoms with Gasteiger partial charge in [0, 0.05) is 37.1 Å². The first kappa shape index (κ1) is 15.8. The number of aryl methyl sites for hydroxylation is 3. The average Bonchev–Trinajstić information content (AvgIpc) is 3.25. The second-order valence-corrected chi connectivity index (χ2v) is 7.84. The highest BCUT2D eigenvalue weighted by atomic mass is 32.1. The lowest BCUT2D eigenvalue weighted by atomic mass is 9.90. The lowest BCUT2D eigenvalue weighted by Gasteiger charge is -2.16. The minimum atomic E-state index is -0.0714. The van der Waals surface area contributed by atoms with Gasteiger partial charge in [-0.05, 0) is 31.2 Å². The summed E-state index contributed by atoms with van der Waals surface area (Å²) in [5, 5.41) is 11.4. The molecule has 0 saturated carbocycles. The molecule has 0 spiro atoms. The molecule has 1 aliphatic carbocycles. The first-order valence-corrected chi connectivity index (χ1v) is 9.51. The van der Waals surface area contributed by atoms with E-state index in [2.05, 4.69) is 20.7 Å². The predicted octanol–water partition coefficient (Wildman–Crippen LogP) is 2.09. The molecule has 0 unspecified atom stereocenters. The van der Waals surface area contributed by atoms with E-state index in [0.29, 0.717) is 6.54 Å². The molecule has 3 heterocycles. The summed E-state index contributed by atoms with van der Waals surface area (Å²) in [6.45, 7) is 1.52. The lowest BCUT2D eigenvalue weighted by molar-refractivity contribution is -0.119. The summed E-state index contributed by atoms with van der Waals surface area (Å²) in [6.07, 6.45) is 9.74. The Morgan fingerprint density at radius 2 is 2.21 bits per heavy atom. The number of thiazole rings is 1. The summed E-state index contributed by atoms with van der Waals surface area (Å²) in [5.74, 6) is 0.173. The number of carbonyl (C=O) groups is 1. The van der Waals surface area contributed by atoms with E-state index < -0.39 is 0 Å². The van der Waals surface area contributed by atoms with Gasteiger partial charge in [-0.3, -0.25) is 9.48 Å². The Hall–Kier alpha value is -1.73. The average molecular weight is 345 g/mol. The van der Waals surface area contributed by atoms with Crippen LogP contribution in [-0.2, 0) is 24.7 Å². The summed E-state index contributed by atoms with van der Waals surface area (Å²) in [4.78, 5) is 18.8. The molecule has 2 aromatic rings. The molecular weight excluding hydrogens is 322 g/mol. The second-order valence-electron chi connectivity index (χ2n) is 6.76. The van der Waals surface area contributed by atoms with Crippen LogP contribution in [0, 0.1) is 5.92 Å². The summed E-state index contributed by atoms with van der Waals surface area (Å²) < 4.78 is 1.79. The Bertz CT molecular complexity index is 714. The minimum Gasteiger partial charge on any atom is -0.315 e. The maximum Gasteiger partial charge on any atom is 0.231 e. The largest absolute Gasteiger partial charge is 0.315 e. The summed E-state index contributed by atoms with van der Waals surface area (Å²) in [5.41, 5.74) is 2.32. The van der Waals surface area contributed by atoms with E-state index in [1.54, 1.807) is 16.0 Å². The van der Waals surface area contributed by atoms with Gasteiger partial charge in [0.15, 0.2) is 5.13 Å². The quantitative estimate of drug-likeness (QED) is 0.836. The molecule has 4 rings (SSSR count). The first-order chi connectivity index (χ1) is 11.7. The molecule has 7 heteroatoms. The summed E-state index contributed by atoms with van der Waals surface area (Å²) in [6, 6.07) is 0. The third-order valence-corrected chi connectivity index (χ3v) is 6.10. The highest BCUT2D eigenvalue weighted by molar-refractivity contribution is 7.15. The van der Waals surface area contributed by atoms with E-state index in [9.17, 15) is 4.79 Å². The maximum absolute atomic E-state index is 12.8. The standard InChI is InChI=1S/C17H23N5OS/c1-22-10-11(7-19-22)12-8-18-9-13(12)16(23)21-17-20-14-5-3-2-4-6-15(14)24-17/h7,10,12-13,18H,2-6,8-9H2,1H3,(H,20,21,23)/t12-,13+/m1/s1. The zero-order valence-corrected chi connectivity index (χ0v) is 14.7. The fourth-order valence-electron chi connectivity index (χ4n) is 3.72. The van der Waals surface area contributed by atoms with E-state index in [4.69, 9.17) is 0 Å². The van der Waals surface area contributed by atoms with Crippen LogP contribution in [-0.4, -0.2) is 33.8 Å². The van der Waals surface area contributed by atoms with Crippen LogP contribution in [0.3, 0.4) is 0 Å². The van der Waals surface area contributed by atoms with Gasteiger partial charge in [0.25, 0.3) is 0 Å². The van der Waals surface area contributed by atoms with Gasteiger partial charge >= 0.3 is 0 Å². The molecule has 0 aromatic carbocycles. The molecule has 1 saturated heterocycles. The van der Waals surface area contributed by atoms with Crippen LogP contribution in [0.5, 0.6) is 0 Å². The number of hydrogen-bond acceptors (Lipinski definition) is 5. The molecule has 1 amide bonds. The SMILES string of the molecule is Cn1cc([C@H]2CNC[C@@H]2C(=O)Nc2nc3c(s2)CCCCC3)cn1. The monoisotopic (exact) mass is 345 g/mol. The minimum absolute atomic E-state index is 0.0674. The molecular formula is C17H23N5OS. The van der Waals surface area contributed by atoms with Gasteiger partial charge in [-0.1, -0.05) is 6.42 Å². The van der Waals surface area contributed by atoms with E-state index in [1.165, 1.54) is 29.8 Å². The molecule has 2 N–H and O–H groups in total. The summed E-state index contributed by atoms with van der Waals surface area (Å²) in [7, 11) is 1.91. The van der Waals surface area contributed by atoms with Gasteiger partial charge in [0.2, 0.25) is 5.91 Å². The van der Waals surface area contributed by atoms with Gasteiger partial charge in [0.05, 0.1) is 17.8 Å². The highest BCUT2D eigenvalue weighted by Gasteiger charge is 2.35. The lowest BCUT2D eigenvalue weighted by Crippen LogP contribution is -2.28. The summed E-state index contributed by atoms with van der Waals surface area (Å²) >= 11 is 1.66. The number of rotatable bonds is 3.